The molecule has 0 spiro atoms. The molecule has 1 aliphatic rings. The highest BCUT2D eigenvalue weighted by Crippen LogP contribution is 2.29. The molecule has 1 unspecified atom stereocenters. The summed E-state index contributed by atoms with van der Waals surface area (Å²) in [5.74, 6) is -0.846. The number of carbonyl (C=O) groups is 2. The lowest BCUT2D eigenvalue weighted by Crippen LogP contribution is -2.44. The number of primary amides is 1. The fourth-order valence-corrected chi connectivity index (χ4v) is 2.93. The summed E-state index contributed by atoms with van der Waals surface area (Å²) in [5.41, 5.74) is 4.65. The summed E-state index contributed by atoms with van der Waals surface area (Å²) in [6.07, 6.45) is -4.36. The molecule has 1 aliphatic heterocycles. The van der Waals surface area contributed by atoms with E-state index in [-0.39, 0.29) is 24.9 Å². The molecule has 2 rings (SSSR count). The normalized spacial score (nSPS) is 17.7. The lowest BCUT2D eigenvalue weighted by Gasteiger charge is -2.30. The zero-order valence-electron chi connectivity index (χ0n) is 14.1. The zero-order valence-corrected chi connectivity index (χ0v) is 14.1. The molecule has 1 saturated heterocycles. The van der Waals surface area contributed by atoms with Crippen molar-refractivity contribution in [3.8, 4) is 0 Å². The van der Waals surface area contributed by atoms with Crippen LogP contribution in [0.25, 0.3) is 0 Å². The van der Waals surface area contributed by atoms with Crippen LogP contribution < -0.4 is 11.1 Å². The number of amides is 2. The Labute approximate surface area is 149 Å². The topological polar surface area (TPSA) is 95.7 Å². The van der Waals surface area contributed by atoms with Crippen molar-refractivity contribution in [1.29, 1.82) is 0 Å². The third-order valence-corrected chi connectivity index (χ3v) is 4.43. The third-order valence-electron chi connectivity index (χ3n) is 4.43. The quantitative estimate of drug-likeness (QED) is 0.695. The number of aliphatic hydroxyl groups is 1. The first kappa shape index (κ1) is 20.2. The van der Waals surface area contributed by atoms with Gasteiger partial charge in [0, 0.05) is 12.5 Å². The van der Waals surface area contributed by atoms with Crippen molar-refractivity contribution < 1.29 is 27.9 Å². The number of piperidine rings is 1. The van der Waals surface area contributed by atoms with Crippen molar-refractivity contribution in [1.82, 2.24) is 10.2 Å². The number of nitrogens with two attached hydrogens (primary N) is 1. The molecule has 0 saturated carbocycles. The van der Waals surface area contributed by atoms with Gasteiger partial charge in [-0.05, 0) is 43.6 Å². The van der Waals surface area contributed by atoms with E-state index in [1.165, 1.54) is 12.1 Å². The SMILES string of the molecule is NC(=O)CN1CCC(C(=O)NCC(O)c2ccc(C(F)(F)F)cc2)CC1. The fraction of sp³-hybridized carbons (Fsp3) is 0.529. The first-order chi connectivity index (χ1) is 12.2. The minimum Gasteiger partial charge on any atom is -0.387 e. The second-order valence-corrected chi connectivity index (χ2v) is 6.40. The lowest BCUT2D eigenvalue weighted by atomic mass is 9.95. The maximum Gasteiger partial charge on any atom is 0.416 e. The molecular formula is C17H22F3N3O3. The molecule has 0 aromatic heterocycles. The smallest absolute Gasteiger partial charge is 0.387 e. The summed E-state index contributed by atoms with van der Waals surface area (Å²) in [6.45, 7) is 1.26. The summed E-state index contributed by atoms with van der Waals surface area (Å²) in [5, 5.41) is 12.7. The predicted molar refractivity (Wildman–Crippen MR) is 87.8 cm³/mol. The van der Waals surface area contributed by atoms with Crippen molar-refractivity contribution in [2.24, 2.45) is 11.7 Å². The molecular weight excluding hydrogens is 351 g/mol. The number of hydrogen-bond acceptors (Lipinski definition) is 4. The molecule has 0 bridgehead atoms. The van der Waals surface area contributed by atoms with Gasteiger partial charge in [0.1, 0.15) is 0 Å². The molecule has 4 N–H and O–H groups in total. The van der Waals surface area contributed by atoms with Gasteiger partial charge in [-0.3, -0.25) is 14.5 Å². The first-order valence-electron chi connectivity index (χ1n) is 8.30. The molecule has 1 heterocycles. The van der Waals surface area contributed by atoms with Crippen molar-refractivity contribution in [3.63, 3.8) is 0 Å². The summed E-state index contributed by atoms with van der Waals surface area (Å²) >= 11 is 0. The minimum atomic E-state index is -4.43. The van der Waals surface area contributed by atoms with Gasteiger partial charge in [-0.2, -0.15) is 13.2 Å². The number of rotatable bonds is 6. The number of hydrogen-bond donors (Lipinski definition) is 3. The monoisotopic (exact) mass is 373 g/mol. The van der Waals surface area contributed by atoms with Crippen LogP contribution in [0.2, 0.25) is 0 Å². The van der Waals surface area contributed by atoms with E-state index in [9.17, 15) is 27.9 Å². The molecule has 144 valence electrons. The van der Waals surface area contributed by atoms with Gasteiger partial charge in [-0.25, -0.2) is 0 Å². The molecule has 2 amide bonds. The van der Waals surface area contributed by atoms with E-state index in [4.69, 9.17) is 5.73 Å². The van der Waals surface area contributed by atoms with Crippen LogP contribution in [0.5, 0.6) is 0 Å². The third kappa shape index (κ3) is 5.70. The summed E-state index contributed by atoms with van der Waals surface area (Å²) in [6, 6.07) is 4.19. The highest BCUT2D eigenvalue weighted by molar-refractivity contribution is 5.79. The second-order valence-electron chi connectivity index (χ2n) is 6.40. The Morgan fingerprint density at radius 2 is 1.81 bits per heavy atom. The molecule has 1 fully saturated rings. The molecule has 0 aliphatic carbocycles. The van der Waals surface area contributed by atoms with Crippen LogP contribution in [0.1, 0.15) is 30.1 Å². The van der Waals surface area contributed by atoms with Crippen molar-refractivity contribution in [3.05, 3.63) is 35.4 Å². The van der Waals surface area contributed by atoms with Crippen LogP contribution in [-0.4, -0.2) is 48.0 Å². The number of alkyl halides is 3. The van der Waals surface area contributed by atoms with Crippen LogP contribution in [0.4, 0.5) is 13.2 Å². The standard InChI is InChI=1S/C17H22F3N3O3/c18-17(19,20)13-3-1-11(2-4-13)14(24)9-22-16(26)12-5-7-23(8-6-12)10-15(21)25/h1-4,12,14,24H,5-10H2,(H2,21,25)(H,22,26). The number of aliphatic hydroxyl groups excluding tert-OH is 1. The van der Waals surface area contributed by atoms with E-state index in [1.807, 2.05) is 4.90 Å². The molecule has 1 atom stereocenters. The number of nitrogens with one attached hydrogen (secondary N) is 1. The summed E-state index contributed by atoms with van der Waals surface area (Å²) in [4.78, 5) is 24.9. The highest BCUT2D eigenvalue weighted by Gasteiger charge is 2.30. The van der Waals surface area contributed by atoms with E-state index in [0.29, 0.717) is 31.5 Å². The number of likely N-dealkylation sites (tertiary alicyclic amines) is 1. The minimum absolute atomic E-state index is 0.0777. The molecule has 26 heavy (non-hydrogen) atoms. The van der Waals surface area contributed by atoms with Gasteiger partial charge in [0.15, 0.2) is 0 Å². The molecule has 1 aromatic rings. The van der Waals surface area contributed by atoms with Crippen LogP contribution in [-0.2, 0) is 15.8 Å². The average molecular weight is 373 g/mol. The maximum atomic E-state index is 12.5. The Hall–Kier alpha value is -2.13. The number of carbonyl (C=O) groups excluding carboxylic acids is 2. The van der Waals surface area contributed by atoms with Crippen LogP contribution in [0.3, 0.4) is 0 Å². The average Bonchev–Trinajstić information content (AvgIpc) is 2.59. The van der Waals surface area contributed by atoms with Gasteiger partial charge in [-0.15, -0.1) is 0 Å². The largest absolute Gasteiger partial charge is 0.416 e. The lowest BCUT2D eigenvalue weighted by molar-refractivity contribution is -0.137. The molecule has 0 radical (unpaired) electrons. The first-order valence-corrected chi connectivity index (χ1v) is 8.30. The molecule has 1 aromatic carbocycles. The number of halogens is 3. The molecule has 6 nitrogen and oxygen atoms in total. The van der Waals surface area contributed by atoms with E-state index < -0.39 is 23.8 Å². The summed E-state index contributed by atoms with van der Waals surface area (Å²) < 4.78 is 37.6. The van der Waals surface area contributed by atoms with E-state index >= 15 is 0 Å². The van der Waals surface area contributed by atoms with Crippen molar-refractivity contribution >= 4 is 11.8 Å². The zero-order chi connectivity index (χ0) is 19.3. The van der Waals surface area contributed by atoms with Crippen molar-refractivity contribution in [2.45, 2.75) is 25.1 Å². The van der Waals surface area contributed by atoms with Gasteiger partial charge >= 0.3 is 6.18 Å². The number of nitrogens with zero attached hydrogens (tertiary/aromatic N) is 1. The summed E-state index contributed by atoms with van der Waals surface area (Å²) in [7, 11) is 0. The van der Waals surface area contributed by atoms with E-state index in [0.717, 1.165) is 12.1 Å². The Bertz CT molecular complexity index is 626. The van der Waals surface area contributed by atoms with Gasteiger partial charge < -0.3 is 16.2 Å². The maximum absolute atomic E-state index is 12.5. The molecule has 9 heteroatoms. The van der Waals surface area contributed by atoms with Gasteiger partial charge in [0.05, 0.1) is 18.2 Å². The highest BCUT2D eigenvalue weighted by atomic mass is 19.4. The van der Waals surface area contributed by atoms with Crippen LogP contribution in [0, 0.1) is 5.92 Å². The van der Waals surface area contributed by atoms with Gasteiger partial charge in [0.2, 0.25) is 11.8 Å². The second kappa shape index (κ2) is 8.50. The van der Waals surface area contributed by atoms with E-state index in [2.05, 4.69) is 5.32 Å². The fourth-order valence-electron chi connectivity index (χ4n) is 2.93. The van der Waals surface area contributed by atoms with Crippen LogP contribution >= 0.6 is 0 Å². The van der Waals surface area contributed by atoms with Crippen molar-refractivity contribution in [2.75, 3.05) is 26.2 Å². The van der Waals surface area contributed by atoms with Gasteiger partial charge in [-0.1, -0.05) is 12.1 Å². The Balaban J connectivity index is 1.79. The van der Waals surface area contributed by atoms with Gasteiger partial charge in [0.25, 0.3) is 0 Å². The Morgan fingerprint density at radius 3 is 2.31 bits per heavy atom. The van der Waals surface area contributed by atoms with Crippen LogP contribution in [0.15, 0.2) is 24.3 Å². The number of benzene rings is 1. The predicted octanol–water partition coefficient (Wildman–Crippen LogP) is 1.05. The van der Waals surface area contributed by atoms with E-state index in [1.54, 1.807) is 0 Å². The Morgan fingerprint density at radius 1 is 1.23 bits per heavy atom. The Kier molecular flexibility index (Phi) is 6.60.